The minimum absolute atomic E-state index is 0.169. The molecule has 0 radical (unpaired) electrons. The molecule has 4 aromatic rings. The van der Waals surface area contributed by atoms with E-state index in [1.165, 1.54) is 13.3 Å². The lowest BCUT2D eigenvalue weighted by atomic mass is 10.1. The summed E-state index contributed by atoms with van der Waals surface area (Å²) in [5.41, 5.74) is 3.99. The summed E-state index contributed by atoms with van der Waals surface area (Å²) in [5.74, 6) is 2.03. The predicted molar refractivity (Wildman–Crippen MR) is 151 cm³/mol. The minimum atomic E-state index is -0.169. The topological polar surface area (TPSA) is 110 Å². The number of carbonyl (C=O) groups excluding carboxylic acids is 1. The maximum Gasteiger partial charge on any atom is 0.230 e. The molecule has 11 heteroatoms. The van der Waals surface area contributed by atoms with Crippen LogP contribution in [0.4, 0.5) is 23.0 Å². The van der Waals surface area contributed by atoms with E-state index in [4.69, 9.17) is 9.47 Å². The van der Waals surface area contributed by atoms with Crippen molar-refractivity contribution in [2.75, 3.05) is 64.0 Å². The molecule has 0 aliphatic carbocycles. The lowest BCUT2D eigenvalue weighted by Crippen LogP contribution is -2.29. The van der Waals surface area contributed by atoms with Gasteiger partial charge in [-0.05, 0) is 38.4 Å². The van der Waals surface area contributed by atoms with E-state index >= 15 is 0 Å². The van der Waals surface area contributed by atoms with Crippen molar-refractivity contribution in [2.45, 2.75) is 6.92 Å². The molecule has 2 heterocycles. The molecule has 200 valence electrons. The van der Waals surface area contributed by atoms with Gasteiger partial charge >= 0.3 is 0 Å². The van der Waals surface area contributed by atoms with Crippen LogP contribution in [0.25, 0.3) is 22.3 Å². The van der Waals surface area contributed by atoms with E-state index in [0.29, 0.717) is 28.9 Å². The number of fused-ring (bicyclic) bond motifs is 1. The molecule has 2 N–H and O–H groups in total. The molecule has 11 nitrogen and oxygen atoms in total. The van der Waals surface area contributed by atoms with Crippen LogP contribution in [0.3, 0.4) is 0 Å². The van der Waals surface area contributed by atoms with Gasteiger partial charge in [0.05, 0.1) is 31.3 Å². The SMILES string of the molecule is COc1ccc2c(c1)c(-c1ncnc(Nc3cc(NC(C)=O)c(N(C)CCN(C)C)cc3OC)n1)cn2C. The molecule has 38 heavy (non-hydrogen) atoms. The number of carbonyl (C=O) groups is 1. The van der Waals surface area contributed by atoms with Gasteiger partial charge in [0.25, 0.3) is 0 Å². The summed E-state index contributed by atoms with van der Waals surface area (Å²) in [4.78, 5) is 29.6. The second kappa shape index (κ2) is 11.3. The third-order valence-corrected chi connectivity index (χ3v) is 6.18. The largest absolute Gasteiger partial charge is 0.497 e. The van der Waals surface area contributed by atoms with Gasteiger partial charge in [0.15, 0.2) is 5.82 Å². The number of aryl methyl sites for hydroxylation is 1. The maximum absolute atomic E-state index is 12.0. The van der Waals surface area contributed by atoms with E-state index in [1.807, 2.05) is 69.3 Å². The highest BCUT2D eigenvalue weighted by molar-refractivity contribution is 5.96. The fourth-order valence-corrected chi connectivity index (χ4v) is 4.19. The van der Waals surface area contributed by atoms with Gasteiger partial charge in [0.1, 0.15) is 17.8 Å². The molecular formula is C27H34N8O3. The first kappa shape index (κ1) is 26.7. The number of nitrogens with one attached hydrogen (secondary N) is 2. The third-order valence-electron chi connectivity index (χ3n) is 6.18. The van der Waals surface area contributed by atoms with Crippen LogP contribution in [-0.4, -0.2) is 78.8 Å². The summed E-state index contributed by atoms with van der Waals surface area (Å²) in [5, 5.41) is 7.15. The van der Waals surface area contributed by atoms with Gasteiger partial charge in [-0.2, -0.15) is 4.98 Å². The van der Waals surface area contributed by atoms with Crippen LogP contribution in [0.5, 0.6) is 11.5 Å². The fraction of sp³-hybridized carbons (Fsp3) is 0.333. The van der Waals surface area contributed by atoms with Gasteiger partial charge in [-0.3, -0.25) is 4.79 Å². The number of nitrogens with zero attached hydrogens (tertiary/aromatic N) is 6. The van der Waals surface area contributed by atoms with E-state index in [-0.39, 0.29) is 5.91 Å². The van der Waals surface area contributed by atoms with E-state index < -0.39 is 0 Å². The zero-order chi connectivity index (χ0) is 27.4. The number of ether oxygens (including phenoxy) is 2. The Bertz CT molecular complexity index is 1450. The molecular weight excluding hydrogens is 484 g/mol. The Morgan fingerprint density at radius 2 is 1.82 bits per heavy atom. The van der Waals surface area contributed by atoms with Crippen LogP contribution in [0.2, 0.25) is 0 Å². The molecule has 1 amide bonds. The van der Waals surface area contributed by atoms with Crippen molar-refractivity contribution < 1.29 is 14.3 Å². The van der Waals surface area contributed by atoms with Crippen LogP contribution in [-0.2, 0) is 11.8 Å². The second-order valence-corrected chi connectivity index (χ2v) is 9.27. The molecule has 0 saturated heterocycles. The molecule has 0 aliphatic heterocycles. The number of benzene rings is 2. The van der Waals surface area contributed by atoms with E-state index in [1.54, 1.807) is 14.2 Å². The Morgan fingerprint density at radius 3 is 2.50 bits per heavy atom. The number of rotatable bonds is 10. The van der Waals surface area contributed by atoms with Gasteiger partial charge in [-0.15, -0.1) is 0 Å². The van der Waals surface area contributed by atoms with Crippen molar-refractivity contribution in [3.63, 3.8) is 0 Å². The summed E-state index contributed by atoms with van der Waals surface area (Å²) < 4.78 is 13.1. The highest BCUT2D eigenvalue weighted by Gasteiger charge is 2.17. The Hall–Kier alpha value is -4.38. The number of hydrogen-bond acceptors (Lipinski definition) is 9. The van der Waals surface area contributed by atoms with Crippen molar-refractivity contribution >= 4 is 39.8 Å². The highest BCUT2D eigenvalue weighted by Crippen LogP contribution is 2.38. The summed E-state index contributed by atoms with van der Waals surface area (Å²) in [6, 6.07) is 9.61. The second-order valence-electron chi connectivity index (χ2n) is 9.27. The molecule has 4 rings (SSSR count). The summed E-state index contributed by atoms with van der Waals surface area (Å²) >= 11 is 0. The first-order valence-corrected chi connectivity index (χ1v) is 12.1. The Morgan fingerprint density at radius 1 is 1.03 bits per heavy atom. The molecule has 0 atom stereocenters. The van der Waals surface area contributed by atoms with E-state index in [9.17, 15) is 4.79 Å². The van der Waals surface area contributed by atoms with Crippen LogP contribution >= 0.6 is 0 Å². The number of methoxy groups -OCH3 is 2. The monoisotopic (exact) mass is 518 g/mol. The van der Waals surface area contributed by atoms with Gasteiger partial charge in [0, 0.05) is 62.8 Å². The standard InChI is InChI=1S/C27H34N8O3/c1-17(36)30-21-13-22(25(38-7)14-24(21)34(4)11-10-33(2)3)31-27-29-16-28-26(32-27)20-15-35(5)23-9-8-18(37-6)12-19(20)23/h8-9,12-16H,10-11H2,1-7H3,(H,30,36)(H,28,29,31,32). The summed E-state index contributed by atoms with van der Waals surface area (Å²) in [6.07, 6.45) is 3.45. The quantitative estimate of drug-likeness (QED) is 0.324. The Balaban J connectivity index is 1.71. The summed E-state index contributed by atoms with van der Waals surface area (Å²) in [6.45, 7) is 3.10. The normalized spacial score (nSPS) is 11.1. The first-order valence-electron chi connectivity index (χ1n) is 12.1. The lowest BCUT2D eigenvalue weighted by Gasteiger charge is -2.25. The zero-order valence-corrected chi connectivity index (χ0v) is 22.9. The zero-order valence-electron chi connectivity index (χ0n) is 22.9. The van der Waals surface area contributed by atoms with Gasteiger partial charge in [0.2, 0.25) is 11.9 Å². The molecule has 2 aromatic carbocycles. The predicted octanol–water partition coefficient (Wildman–Crippen LogP) is 3.75. The number of amides is 1. The Labute approximate surface area is 222 Å². The van der Waals surface area contributed by atoms with Crippen molar-refractivity contribution in [3.8, 4) is 22.9 Å². The van der Waals surface area contributed by atoms with Gasteiger partial charge < -0.3 is 34.5 Å². The van der Waals surface area contributed by atoms with Crippen LogP contribution in [0, 0.1) is 0 Å². The number of hydrogen-bond donors (Lipinski definition) is 2. The average molecular weight is 519 g/mol. The van der Waals surface area contributed by atoms with Gasteiger partial charge in [-0.25, -0.2) is 9.97 Å². The maximum atomic E-state index is 12.0. The molecule has 0 aliphatic rings. The number of anilines is 4. The molecule has 0 saturated carbocycles. The molecule has 2 aromatic heterocycles. The Kier molecular flexibility index (Phi) is 7.96. The fourth-order valence-electron chi connectivity index (χ4n) is 4.19. The van der Waals surface area contributed by atoms with E-state index in [2.05, 4.69) is 35.4 Å². The number of likely N-dealkylation sites (N-methyl/N-ethyl adjacent to an activating group) is 2. The highest BCUT2D eigenvalue weighted by atomic mass is 16.5. The van der Waals surface area contributed by atoms with Crippen LogP contribution < -0.4 is 25.0 Å². The molecule has 0 bridgehead atoms. The average Bonchev–Trinajstić information content (AvgIpc) is 3.22. The summed E-state index contributed by atoms with van der Waals surface area (Å²) in [7, 11) is 11.2. The van der Waals surface area contributed by atoms with Crippen molar-refractivity contribution in [1.82, 2.24) is 24.4 Å². The minimum Gasteiger partial charge on any atom is -0.497 e. The number of aromatic nitrogens is 4. The van der Waals surface area contributed by atoms with Crippen LogP contribution in [0.15, 0.2) is 42.9 Å². The molecule has 0 fully saturated rings. The smallest absolute Gasteiger partial charge is 0.230 e. The van der Waals surface area contributed by atoms with Crippen molar-refractivity contribution in [2.24, 2.45) is 7.05 Å². The van der Waals surface area contributed by atoms with Crippen molar-refractivity contribution in [1.29, 1.82) is 0 Å². The third kappa shape index (κ3) is 5.78. The van der Waals surface area contributed by atoms with Crippen molar-refractivity contribution in [3.05, 3.63) is 42.9 Å². The van der Waals surface area contributed by atoms with Gasteiger partial charge in [-0.1, -0.05) is 0 Å². The van der Waals surface area contributed by atoms with Crippen LogP contribution in [0.1, 0.15) is 6.92 Å². The van der Waals surface area contributed by atoms with E-state index in [0.717, 1.165) is 41.0 Å². The first-order chi connectivity index (χ1) is 18.2. The molecule has 0 unspecified atom stereocenters. The lowest BCUT2D eigenvalue weighted by molar-refractivity contribution is -0.114. The molecule has 0 spiro atoms.